The second-order valence-corrected chi connectivity index (χ2v) is 8.61. The van der Waals surface area contributed by atoms with E-state index in [4.69, 9.17) is 8.83 Å². The molecular formula is C22H15N5O5S. The van der Waals surface area contributed by atoms with Gasteiger partial charge < -0.3 is 8.83 Å². The first-order chi connectivity index (χ1) is 16.0. The van der Waals surface area contributed by atoms with Gasteiger partial charge in [-0.25, -0.2) is 9.78 Å². The van der Waals surface area contributed by atoms with Gasteiger partial charge >= 0.3 is 5.76 Å². The standard InChI is InChI=1S/C22H15N5O5S/c28-18-6-3-14(20(29)24-18)27-15-7-11(1-4-16(15)31-22(27)30)8-19-25-26-21(32-19)12-2-5-17-13(9-12)23-10-33-17/h1-2,4-5,7,9-10,14H,3,6,8H2,(H,24,28,29). The van der Waals surface area contributed by atoms with Crippen LogP contribution in [0.15, 0.2) is 55.5 Å². The van der Waals surface area contributed by atoms with Crippen molar-refractivity contribution in [2.75, 3.05) is 0 Å². The van der Waals surface area contributed by atoms with Gasteiger partial charge in [0.05, 0.1) is 27.7 Å². The summed E-state index contributed by atoms with van der Waals surface area (Å²) < 4.78 is 13.5. The first-order valence-electron chi connectivity index (χ1n) is 10.2. The normalized spacial score (nSPS) is 16.5. The van der Waals surface area contributed by atoms with Crippen LogP contribution in [0.4, 0.5) is 0 Å². The van der Waals surface area contributed by atoms with Gasteiger partial charge in [0.2, 0.25) is 23.6 Å². The second kappa shape index (κ2) is 7.48. The van der Waals surface area contributed by atoms with E-state index in [0.29, 0.717) is 29.3 Å². The minimum Gasteiger partial charge on any atom is -0.420 e. The van der Waals surface area contributed by atoms with Crippen molar-refractivity contribution < 1.29 is 18.4 Å². The Balaban J connectivity index is 1.31. The van der Waals surface area contributed by atoms with E-state index < -0.39 is 17.7 Å². The minimum absolute atomic E-state index is 0.159. The number of nitrogens with zero attached hydrogens (tertiary/aromatic N) is 4. The number of benzene rings is 2. The van der Waals surface area contributed by atoms with E-state index in [2.05, 4.69) is 20.5 Å². The Morgan fingerprint density at radius 3 is 2.88 bits per heavy atom. The maximum atomic E-state index is 12.5. The molecule has 1 saturated heterocycles. The number of thiazole rings is 1. The van der Waals surface area contributed by atoms with Crippen LogP contribution in [0.3, 0.4) is 0 Å². The van der Waals surface area contributed by atoms with Gasteiger partial charge in [0, 0.05) is 12.0 Å². The number of carbonyl (C=O) groups excluding carboxylic acids is 2. The van der Waals surface area contributed by atoms with E-state index in [1.165, 1.54) is 4.57 Å². The summed E-state index contributed by atoms with van der Waals surface area (Å²) in [4.78, 5) is 40.6. The Labute approximate surface area is 188 Å². The highest BCUT2D eigenvalue weighted by Gasteiger charge is 2.31. The Bertz CT molecular complexity index is 1610. The van der Waals surface area contributed by atoms with Crippen molar-refractivity contribution in [1.29, 1.82) is 0 Å². The molecule has 164 valence electrons. The molecule has 1 atom stereocenters. The topological polar surface area (TPSA) is 133 Å². The van der Waals surface area contributed by atoms with E-state index in [-0.39, 0.29) is 18.7 Å². The number of amides is 2. The molecule has 3 aromatic heterocycles. The molecule has 1 aliphatic rings. The fraction of sp³-hybridized carbons (Fsp3) is 0.182. The van der Waals surface area contributed by atoms with Gasteiger partial charge in [0.25, 0.3) is 0 Å². The van der Waals surface area contributed by atoms with Crippen LogP contribution in [-0.2, 0) is 16.0 Å². The molecule has 2 amide bonds. The highest BCUT2D eigenvalue weighted by atomic mass is 32.1. The summed E-state index contributed by atoms with van der Waals surface area (Å²) in [6.45, 7) is 0. The van der Waals surface area contributed by atoms with Gasteiger partial charge in [0.15, 0.2) is 5.58 Å². The van der Waals surface area contributed by atoms with Crippen LogP contribution in [0.1, 0.15) is 30.3 Å². The van der Waals surface area contributed by atoms with E-state index in [1.807, 2.05) is 18.2 Å². The molecule has 0 spiro atoms. The number of nitrogens with one attached hydrogen (secondary N) is 1. The third kappa shape index (κ3) is 3.42. The van der Waals surface area contributed by atoms with Crippen molar-refractivity contribution in [2.24, 2.45) is 0 Å². The number of hydrogen-bond acceptors (Lipinski definition) is 9. The third-order valence-corrected chi connectivity index (χ3v) is 6.41. The average Bonchev–Trinajstić information content (AvgIpc) is 3.52. The van der Waals surface area contributed by atoms with Gasteiger partial charge in [-0.1, -0.05) is 6.07 Å². The quantitative estimate of drug-likeness (QED) is 0.404. The molecule has 1 aliphatic heterocycles. The second-order valence-electron chi connectivity index (χ2n) is 7.72. The lowest BCUT2D eigenvalue weighted by Crippen LogP contribution is -2.43. The van der Waals surface area contributed by atoms with Crippen LogP contribution >= 0.6 is 11.3 Å². The number of hydrogen-bond donors (Lipinski definition) is 1. The predicted octanol–water partition coefficient (Wildman–Crippen LogP) is 2.82. The summed E-state index contributed by atoms with van der Waals surface area (Å²) in [5.74, 6) is -0.709. The number of imide groups is 1. The van der Waals surface area contributed by atoms with E-state index in [0.717, 1.165) is 21.3 Å². The molecule has 0 aliphatic carbocycles. The summed E-state index contributed by atoms with van der Waals surface area (Å²) in [5.41, 5.74) is 5.07. The van der Waals surface area contributed by atoms with E-state index >= 15 is 0 Å². The molecule has 0 bridgehead atoms. The number of rotatable bonds is 4. The van der Waals surface area contributed by atoms with Crippen molar-refractivity contribution in [3.63, 3.8) is 0 Å². The lowest BCUT2D eigenvalue weighted by molar-refractivity contribution is -0.135. The largest absolute Gasteiger partial charge is 0.420 e. The molecule has 10 nitrogen and oxygen atoms in total. The van der Waals surface area contributed by atoms with Crippen molar-refractivity contribution in [1.82, 2.24) is 25.1 Å². The van der Waals surface area contributed by atoms with Gasteiger partial charge in [-0.2, -0.15) is 0 Å². The molecule has 0 saturated carbocycles. The number of carbonyl (C=O) groups is 2. The van der Waals surface area contributed by atoms with Crippen molar-refractivity contribution in [3.05, 3.63) is 63.9 Å². The molecule has 4 heterocycles. The molecule has 6 rings (SSSR count). The summed E-state index contributed by atoms with van der Waals surface area (Å²) in [6.07, 6.45) is 0.725. The Morgan fingerprint density at radius 2 is 2.00 bits per heavy atom. The van der Waals surface area contributed by atoms with Crippen molar-refractivity contribution in [2.45, 2.75) is 25.3 Å². The summed E-state index contributed by atoms with van der Waals surface area (Å²) >= 11 is 1.56. The Kier molecular flexibility index (Phi) is 4.44. The van der Waals surface area contributed by atoms with Crippen molar-refractivity contribution >= 4 is 44.5 Å². The van der Waals surface area contributed by atoms with Gasteiger partial charge in [-0.3, -0.25) is 19.5 Å². The highest BCUT2D eigenvalue weighted by molar-refractivity contribution is 7.16. The van der Waals surface area contributed by atoms with Gasteiger partial charge in [-0.05, 0) is 42.3 Å². The monoisotopic (exact) mass is 461 g/mol. The average molecular weight is 461 g/mol. The lowest BCUT2D eigenvalue weighted by atomic mass is 10.1. The maximum Gasteiger partial charge on any atom is 0.420 e. The van der Waals surface area contributed by atoms with Gasteiger partial charge in [0.1, 0.15) is 6.04 Å². The molecule has 1 fully saturated rings. The third-order valence-electron chi connectivity index (χ3n) is 5.60. The number of aromatic nitrogens is 4. The summed E-state index contributed by atoms with van der Waals surface area (Å²) in [7, 11) is 0. The molecule has 33 heavy (non-hydrogen) atoms. The first kappa shape index (κ1) is 19.6. The molecule has 1 unspecified atom stereocenters. The molecule has 1 N–H and O–H groups in total. The highest BCUT2D eigenvalue weighted by Crippen LogP contribution is 2.27. The Morgan fingerprint density at radius 1 is 1.09 bits per heavy atom. The van der Waals surface area contributed by atoms with Crippen LogP contribution in [-0.4, -0.2) is 31.6 Å². The molecular weight excluding hydrogens is 446 g/mol. The molecule has 5 aromatic rings. The van der Waals surface area contributed by atoms with Crippen LogP contribution in [0.5, 0.6) is 0 Å². The van der Waals surface area contributed by atoms with Crippen molar-refractivity contribution in [3.8, 4) is 11.5 Å². The zero-order valence-electron chi connectivity index (χ0n) is 17.0. The molecule has 11 heteroatoms. The fourth-order valence-electron chi connectivity index (χ4n) is 4.02. The molecule has 0 radical (unpaired) electrons. The van der Waals surface area contributed by atoms with Crippen LogP contribution in [0, 0.1) is 0 Å². The van der Waals surface area contributed by atoms with Crippen LogP contribution < -0.4 is 11.1 Å². The van der Waals surface area contributed by atoms with Gasteiger partial charge in [-0.15, -0.1) is 21.5 Å². The first-order valence-corrected chi connectivity index (χ1v) is 11.1. The molecule has 2 aromatic carbocycles. The lowest BCUT2D eigenvalue weighted by Gasteiger charge is -2.21. The van der Waals surface area contributed by atoms with Crippen LogP contribution in [0.2, 0.25) is 0 Å². The minimum atomic E-state index is -0.803. The number of oxazole rings is 1. The Hall–Kier alpha value is -4.12. The van der Waals surface area contributed by atoms with E-state index in [9.17, 15) is 14.4 Å². The summed E-state index contributed by atoms with van der Waals surface area (Å²) in [6, 6.07) is 10.2. The fourth-order valence-corrected chi connectivity index (χ4v) is 4.68. The SMILES string of the molecule is O=C1CCC(n2c(=O)oc3ccc(Cc4nnc(-c5ccc6scnc6c5)o4)cc32)C(=O)N1. The zero-order chi connectivity index (χ0) is 22.5. The zero-order valence-corrected chi connectivity index (χ0v) is 17.8. The predicted molar refractivity (Wildman–Crippen MR) is 118 cm³/mol. The van der Waals surface area contributed by atoms with Crippen LogP contribution in [0.25, 0.3) is 32.8 Å². The maximum absolute atomic E-state index is 12.5. The number of piperidine rings is 1. The smallest absolute Gasteiger partial charge is 0.420 e. The summed E-state index contributed by atoms with van der Waals surface area (Å²) in [5, 5.41) is 10.6. The number of fused-ring (bicyclic) bond motifs is 2. The van der Waals surface area contributed by atoms with E-state index in [1.54, 1.807) is 35.0 Å².